The Morgan fingerprint density at radius 3 is 2.88 bits per heavy atom. The molecule has 0 aromatic rings. The van der Waals surface area contributed by atoms with Crippen molar-refractivity contribution in [3.63, 3.8) is 0 Å². The van der Waals surface area contributed by atoms with Gasteiger partial charge in [0.05, 0.1) is 6.10 Å². The summed E-state index contributed by atoms with van der Waals surface area (Å²) in [4.78, 5) is 0. The largest absolute Gasteiger partial charge is 0.360 e. The number of hydrogen-bond donors (Lipinski definition) is 0. The van der Waals surface area contributed by atoms with Crippen molar-refractivity contribution < 1.29 is 4.74 Å². The predicted molar refractivity (Wildman–Crippen MR) is 27.3 cm³/mol. The number of rotatable bonds is 0. The first kappa shape index (κ1) is 3.02. The number of hydrogen-bond acceptors (Lipinski definition) is 1. The van der Waals surface area contributed by atoms with Gasteiger partial charge in [0, 0.05) is 11.8 Å². The summed E-state index contributed by atoms with van der Waals surface area (Å²) in [6, 6.07) is 0. The van der Waals surface area contributed by atoms with E-state index >= 15 is 0 Å². The van der Waals surface area contributed by atoms with Gasteiger partial charge < -0.3 is 4.74 Å². The van der Waals surface area contributed by atoms with Crippen LogP contribution in [0.5, 0.6) is 0 Å². The predicted octanol–water partition coefficient (Wildman–Crippen LogP) is 0.714. The van der Waals surface area contributed by atoms with E-state index in [0.29, 0.717) is 11.7 Å². The van der Waals surface area contributed by atoms with Crippen LogP contribution >= 0.6 is 0 Å². The highest BCUT2D eigenvalue weighted by molar-refractivity contribution is 5.61. The van der Waals surface area contributed by atoms with Gasteiger partial charge in [-0.15, -0.1) is 0 Å². The van der Waals surface area contributed by atoms with Crippen molar-refractivity contribution in [2.75, 3.05) is 0 Å². The lowest BCUT2D eigenvalue weighted by molar-refractivity contribution is 0.284. The summed E-state index contributed by atoms with van der Waals surface area (Å²) in [5.41, 5.74) is 2.08. The van der Waals surface area contributed by atoms with E-state index in [4.69, 9.17) is 4.74 Å². The fraction of sp³-hybridized carbons (Fsp3) is 0.714. The quantitative estimate of drug-likeness (QED) is 0.327. The van der Waals surface area contributed by atoms with Gasteiger partial charge in [-0.2, -0.15) is 0 Å². The second-order valence-electron chi connectivity index (χ2n) is 3.41. The molecule has 4 atom stereocenters. The van der Waals surface area contributed by atoms with Crippen LogP contribution in [0.15, 0.2) is 11.6 Å². The Morgan fingerprint density at radius 2 is 2.75 bits per heavy atom. The third-order valence-corrected chi connectivity index (χ3v) is 3.24. The molecule has 8 heavy (non-hydrogen) atoms. The summed E-state index contributed by atoms with van der Waals surface area (Å²) >= 11 is 0. The van der Waals surface area contributed by atoms with Gasteiger partial charge in [0.15, 0.2) is 0 Å². The third-order valence-electron chi connectivity index (χ3n) is 3.24. The summed E-state index contributed by atoms with van der Waals surface area (Å²) in [5.74, 6) is 1.77. The van der Waals surface area contributed by atoms with Crippen molar-refractivity contribution in [1.29, 1.82) is 0 Å². The van der Waals surface area contributed by atoms with Gasteiger partial charge in [0.25, 0.3) is 0 Å². The van der Waals surface area contributed by atoms with Gasteiger partial charge in [0.1, 0.15) is 5.60 Å². The molecule has 1 nitrogen and oxygen atoms in total. The van der Waals surface area contributed by atoms with E-state index < -0.39 is 0 Å². The molecule has 5 rings (SSSR count). The van der Waals surface area contributed by atoms with Crippen LogP contribution in [-0.2, 0) is 4.74 Å². The van der Waals surface area contributed by atoms with E-state index in [2.05, 4.69) is 6.08 Å². The third kappa shape index (κ3) is 0.105. The molecular formula is C7H6O. The standard InChI is InChI=1S/C7H6O/c1-3-2-5-4(1)7(5)6(3)8-7/h1,3,5-6H,2H2. The lowest BCUT2D eigenvalue weighted by Crippen LogP contribution is -1.95. The van der Waals surface area contributed by atoms with Gasteiger partial charge in [-0.3, -0.25) is 0 Å². The zero-order chi connectivity index (χ0) is 4.93. The minimum Gasteiger partial charge on any atom is -0.360 e. The molecule has 1 heterocycles. The average Bonchev–Trinajstić information content (AvgIpc) is 2.50. The molecule has 1 saturated heterocycles. The minimum atomic E-state index is 0.421. The second kappa shape index (κ2) is 0.508. The lowest BCUT2D eigenvalue weighted by atomic mass is 10.1. The Hall–Kier alpha value is -0.300. The van der Waals surface area contributed by atoms with Crippen LogP contribution in [0.25, 0.3) is 0 Å². The van der Waals surface area contributed by atoms with Gasteiger partial charge >= 0.3 is 0 Å². The molecule has 0 aromatic carbocycles. The lowest BCUT2D eigenvalue weighted by Gasteiger charge is -1.95. The summed E-state index contributed by atoms with van der Waals surface area (Å²) in [6.45, 7) is 0. The molecule has 5 aliphatic rings. The molecule has 4 aliphatic carbocycles. The van der Waals surface area contributed by atoms with Crippen LogP contribution < -0.4 is 0 Å². The van der Waals surface area contributed by atoms with Crippen molar-refractivity contribution in [3.05, 3.63) is 11.6 Å². The first-order valence-electron chi connectivity index (χ1n) is 3.33. The fourth-order valence-corrected chi connectivity index (χ4v) is 2.84. The molecule has 0 amide bonds. The van der Waals surface area contributed by atoms with Crippen molar-refractivity contribution in [2.24, 2.45) is 11.8 Å². The van der Waals surface area contributed by atoms with Crippen LogP contribution in [0.3, 0.4) is 0 Å². The van der Waals surface area contributed by atoms with E-state index in [1.54, 1.807) is 5.57 Å². The highest BCUT2D eigenvalue weighted by Gasteiger charge is 2.87. The van der Waals surface area contributed by atoms with Crippen molar-refractivity contribution in [2.45, 2.75) is 18.1 Å². The molecule has 4 unspecified atom stereocenters. The zero-order valence-corrected chi connectivity index (χ0v) is 4.42. The topological polar surface area (TPSA) is 12.5 Å². The van der Waals surface area contributed by atoms with Crippen LogP contribution in [0, 0.1) is 11.8 Å². The van der Waals surface area contributed by atoms with E-state index in [1.165, 1.54) is 6.42 Å². The van der Waals surface area contributed by atoms with Crippen molar-refractivity contribution in [1.82, 2.24) is 0 Å². The summed E-state index contributed by atoms with van der Waals surface area (Å²) in [7, 11) is 0. The normalized spacial score (nSPS) is 77.0. The summed E-state index contributed by atoms with van der Waals surface area (Å²) in [5, 5.41) is 0. The molecule has 1 aliphatic heterocycles. The SMILES string of the molecule is C1=C2C3CC1C1OC231. The van der Waals surface area contributed by atoms with Crippen LogP contribution in [0.4, 0.5) is 0 Å². The summed E-state index contributed by atoms with van der Waals surface area (Å²) in [6.07, 6.45) is 4.56. The molecule has 0 aromatic heterocycles. The van der Waals surface area contributed by atoms with E-state index in [9.17, 15) is 0 Å². The second-order valence-corrected chi connectivity index (χ2v) is 3.41. The van der Waals surface area contributed by atoms with Crippen molar-refractivity contribution in [3.8, 4) is 0 Å². The molecular weight excluding hydrogens is 100 g/mol. The van der Waals surface area contributed by atoms with Gasteiger partial charge in [-0.1, -0.05) is 6.08 Å². The molecule has 2 saturated carbocycles. The maximum Gasteiger partial charge on any atom is 0.123 e. The molecule has 1 heteroatoms. The van der Waals surface area contributed by atoms with E-state index in [0.717, 1.165) is 11.8 Å². The Bertz CT molecular complexity index is 231. The van der Waals surface area contributed by atoms with E-state index in [-0.39, 0.29) is 0 Å². The van der Waals surface area contributed by atoms with Gasteiger partial charge in [0.2, 0.25) is 0 Å². The molecule has 1 spiro atoms. The first-order chi connectivity index (χ1) is 3.93. The Labute approximate surface area is 47.3 Å². The van der Waals surface area contributed by atoms with Crippen LogP contribution in [0.1, 0.15) is 6.42 Å². The molecule has 0 N–H and O–H groups in total. The number of ether oxygens (including phenoxy) is 1. The monoisotopic (exact) mass is 106 g/mol. The smallest absolute Gasteiger partial charge is 0.123 e. The maximum atomic E-state index is 5.51. The first-order valence-corrected chi connectivity index (χ1v) is 3.33. The number of epoxide rings is 1. The van der Waals surface area contributed by atoms with Gasteiger partial charge in [-0.25, -0.2) is 0 Å². The Balaban J connectivity index is 2.25. The average molecular weight is 106 g/mol. The minimum absolute atomic E-state index is 0.421. The van der Waals surface area contributed by atoms with Crippen molar-refractivity contribution >= 4 is 0 Å². The summed E-state index contributed by atoms with van der Waals surface area (Å²) < 4.78 is 5.51. The van der Waals surface area contributed by atoms with Crippen LogP contribution in [0.2, 0.25) is 0 Å². The van der Waals surface area contributed by atoms with E-state index in [1.807, 2.05) is 0 Å². The maximum absolute atomic E-state index is 5.51. The Morgan fingerprint density at radius 1 is 1.75 bits per heavy atom. The molecule has 40 valence electrons. The molecule has 3 fully saturated rings. The Kier molecular flexibility index (Phi) is 0.192. The zero-order valence-electron chi connectivity index (χ0n) is 4.42. The van der Waals surface area contributed by atoms with Crippen LogP contribution in [-0.4, -0.2) is 11.7 Å². The molecule has 4 bridgehead atoms. The fourth-order valence-electron chi connectivity index (χ4n) is 2.84. The van der Waals surface area contributed by atoms with Gasteiger partial charge in [-0.05, 0) is 12.0 Å². The molecule has 0 radical (unpaired) electrons. The highest BCUT2D eigenvalue weighted by atomic mass is 16.6. The highest BCUT2D eigenvalue weighted by Crippen LogP contribution is 2.81.